The second-order valence-corrected chi connectivity index (χ2v) is 17.6. The summed E-state index contributed by atoms with van der Waals surface area (Å²) >= 11 is 1.86. The van der Waals surface area contributed by atoms with Crippen LogP contribution in [0.15, 0.2) is 222 Å². The van der Waals surface area contributed by atoms with Gasteiger partial charge >= 0.3 is 0 Å². The molecule has 0 atom stereocenters. The van der Waals surface area contributed by atoms with Crippen LogP contribution in [0, 0.1) is 0 Å². The number of allylic oxidation sites excluding steroid dienone is 1. The lowest BCUT2D eigenvalue weighted by Gasteiger charge is -2.16. The Morgan fingerprint density at radius 3 is 1.76 bits per heavy atom. The fourth-order valence-corrected chi connectivity index (χ4v) is 10.9. The summed E-state index contributed by atoms with van der Waals surface area (Å²) < 4.78 is 4.96. The van der Waals surface area contributed by atoms with Crippen LogP contribution in [0.3, 0.4) is 0 Å². The lowest BCUT2D eigenvalue weighted by Crippen LogP contribution is -2.09. The molecule has 1 aliphatic heterocycles. The molecule has 4 heteroatoms. The van der Waals surface area contributed by atoms with Crippen LogP contribution in [0.2, 0.25) is 0 Å². The summed E-state index contributed by atoms with van der Waals surface area (Å²) in [5.41, 5.74) is 10.8. The van der Waals surface area contributed by atoms with E-state index < -0.39 is 0 Å². The van der Waals surface area contributed by atoms with Crippen LogP contribution >= 0.6 is 11.3 Å². The molecule has 3 nitrogen and oxygen atoms in total. The molecule has 0 radical (unpaired) electrons. The number of hydrogen-bond donors (Lipinski definition) is 0. The number of thiophene rings is 1. The average Bonchev–Trinajstić information content (AvgIpc) is 3.75. The number of para-hydroxylation sites is 1. The number of aliphatic imine (C=N–C) groups is 2. The summed E-state index contributed by atoms with van der Waals surface area (Å²) in [6.07, 6.45) is 2.90. The maximum absolute atomic E-state index is 5.69. The predicted octanol–water partition coefficient (Wildman–Crippen LogP) is 16.0. The highest BCUT2D eigenvalue weighted by Gasteiger charge is 2.23. The summed E-state index contributed by atoms with van der Waals surface area (Å²) in [6.45, 7) is 0. The molecular formula is C59H37N3S. The SMILES string of the molecule is C1=C(c2cccc3ccccc23)N=C(c2cc3c(cc2-n2c4ccccc4c4cc5ccccc5cc42)sc2cc4ccccc4cc23)N=C(c2ccc(-c3ccccc3)cc2)C1. The van der Waals surface area contributed by atoms with Crippen LogP contribution < -0.4 is 0 Å². The molecule has 2 aromatic heterocycles. The molecule has 0 amide bonds. The topological polar surface area (TPSA) is 29.6 Å². The number of aromatic nitrogens is 1. The zero-order chi connectivity index (χ0) is 41.4. The Kier molecular flexibility index (Phi) is 8.15. The average molecular weight is 820 g/mol. The van der Waals surface area contributed by atoms with E-state index in [2.05, 4.69) is 217 Å². The minimum Gasteiger partial charge on any atom is -0.308 e. The lowest BCUT2D eigenvalue weighted by atomic mass is 9.99. The first-order valence-electron chi connectivity index (χ1n) is 21.5. The van der Waals surface area contributed by atoms with Crippen LogP contribution in [0.5, 0.6) is 0 Å². The van der Waals surface area contributed by atoms with Crippen molar-refractivity contribution in [2.45, 2.75) is 6.42 Å². The molecular weight excluding hydrogens is 783 g/mol. The number of nitrogens with zero attached hydrogens (tertiary/aromatic N) is 3. The standard InChI is InChI=1S/C59H37N3S/c1-2-13-37(14-3-1)38-25-27-40(28-26-38)52-29-30-53(46-23-12-20-39-15-8-9-21-45(39)46)61-59(60-52)51-35-50-49-32-42-17-5-7-19-44(42)34-57(49)63-58(50)36-56(51)62-54-24-11-10-22-47(54)48-31-41-16-4-6-18-43(41)33-55(48)62/h1-28,30-36H,29H2. The molecule has 0 aliphatic carbocycles. The maximum atomic E-state index is 5.69. The molecule has 0 fully saturated rings. The van der Waals surface area contributed by atoms with E-state index in [0.717, 1.165) is 44.8 Å². The Morgan fingerprint density at radius 1 is 0.381 bits per heavy atom. The van der Waals surface area contributed by atoms with Gasteiger partial charge < -0.3 is 4.57 Å². The van der Waals surface area contributed by atoms with Crippen LogP contribution in [0.1, 0.15) is 23.1 Å². The number of rotatable bonds is 5. The van der Waals surface area contributed by atoms with Gasteiger partial charge in [-0.25, -0.2) is 9.98 Å². The van der Waals surface area contributed by atoms with Gasteiger partial charge in [0.1, 0.15) is 0 Å². The van der Waals surface area contributed by atoms with Gasteiger partial charge in [-0.15, -0.1) is 11.3 Å². The Bertz CT molecular complexity index is 3920. The van der Waals surface area contributed by atoms with Crippen molar-refractivity contribution in [2.24, 2.45) is 9.98 Å². The Balaban J connectivity index is 1.12. The predicted molar refractivity (Wildman–Crippen MR) is 270 cm³/mol. The minimum absolute atomic E-state index is 0.628. The van der Waals surface area contributed by atoms with Crippen LogP contribution in [0.25, 0.3) is 96.8 Å². The van der Waals surface area contributed by atoms with Gasteiger partial charge in [0.2, 0.25) is 0 Å². The fraction of sp³-hybridized carbons (Fsp3) is 0.0169. The molecule has 1 aliphatic rings. The summed E-state index contributed by atoms with van der Waals surface area (Å²) in [7, 11) is 0. The zero-order valence-electron chi connectivity index (χ0n) is 34.2. The molecule has 13 rings (SSSR count). The highest BCUT2D eigenvalue weighted by molar-refractivity contribution is 7.26. The smallest absolute Gasteiger partial charge is 0.162 e. The second kappa shape index (κ2) is 14.3. The quantitative estimate of drug-likeness (QED) is 0.166. The first kappa shape index (κ1) is 35.8. The number of hydrogen-bond acceptors (Lipinski definition) is 3. The Morgan fingerprint density at radius 2 is 0.968 bits per heavy atom. The summed E-state index contributed by atoms with van der Waals surface area (Å²) in [5, 5.41) is 12.2. The highest BCUT2D eigenvalue weighted by Crippen LogP contribution is 2.43. The summed E-state index contributed by atoms with van der Waals surface area (Å²) in [6, 6.07) is 74.9. The third-order valence-electron chi connectivity index (χ3n) is 12.8. The van der Waals surface area contributed by atoms with E-state index in [4.69, 9.17) is 9.98 Å². The van der Waals surface area contributed by atoms with Crippen molar-refractivity contribution in [2.75, 3.05) is 0 Å². The van der Waals surface area contributed by atoms with Gasteiger partial charge in [0.05, 0.1) is 28.1 Å². The first-order valence-corrected chi connectivity index (χ1v) is 22.3. The van der Waals surface area contributed by atoms with Gasteiger partial charge in [0.15, 0.2) is 5.84 Å². The molecule has 3 heterocycles. The van der Waals surface area contributed by atoms with E-state index in [0.29, 0.717) is 12.3 Å². The van der Waals surface area contributed by atoms with E-state index in [9.17, 15) is 0 Å². The number of fused-ring (bicyclic) bond motifs is 9. The van der Waals surface area contributed by atoms with Crippen molar-refractivity contribution in [3.8, 4) is 16.8 Å². The summed E-state index contributed by atoms with van der Waals surface area (Å²) in [5.74, 6) is 0.692. The van der Waals surface area contributed by atoms with E-state index in [1.165, 1.54) is 74.4 Å². The normalized spacial score (nSPS) is 13.3. The van der Waals surface area contributed by atoms with E-state index in [1.54, 1.807) is 0 Å². The second-order valence-electron chi connectivity index (χ2n) is 16.5. The van der Waals surface area contributed by atoms with Gasteiger partial charge in [-0.3, -0.25) is 0 Å². The Hall–Kier alpha value is -7.92. The molecule has 10 aromatic carbocycles. The molecule has 0 N–H and O–H groups in total. The molecule has 0 bridgehead atoms. The van der Waals surface area contributed by atoms with Crippen LogP contribution in [-0.4, -0.2) is 16.1 Å². The van der Waals surface area contributed by atoms with E-state index in [-0.39, 0.29) is 0 Å². The molecule has 12 aromatic rings. The number of amidine groups is 1. The van der Waals surface area contributed by atoms with Crippen molar-refractivity contribution in [3.05, 3.63) is 229 Å². The molecule has 0 saturated heterocycles. The fourth-order valence-electron chi connectivity index (χ4n) is 9.73. The molecule has 0 saturated carbocycles. The Labute approximate surface area is 367 Å². The summed E-state index contributed by atoms with van der Waals surface area (Å²) in [4.78, 5) is 11.4. The maximum Gasteiger partial charge on any atom is 0.162 e. The van der Waals surface area contributed by atoms with Crippen molar-refractivity contribution in [3.63, 3.8) is 0 Å². The third kappa shape index (κ3) is 5.94. The van der Waals surface area contributed by atoms with Gasteiger partial charge in [0.25, 0.3) is 0 Å². The van der Waals surface area contributed by atoms with Crippen molar-refractivity contribution < 1.29 is 0 Å². The third-order valence-corrected chi connectivity index (χ3v) is 13.9. The largest absolute Gasteiger partial charge is 0.308 e. The van der Waals surface area contributed by atoms with Gasteiger partial charge in [-0.2, -0.15) is 0 Å². The minimum atomic E-state index is 0.628. The molecule has 0 unspecified atom stereocenters. The first-order chi connectivity index (χ1) is 31.2. The molecule has 63 heavy (non-hydrogen) atoms. The molecule has 294 valence electrons. The van der Waals surface area contributed by atoms with E-state index >= 15 is 0 Å². The van der Waals surface area contributed by atoms with Crippen molar-refractivity contribution >= 4 is 103 Å². The lowest BCUT2D eigenvalue weighted by molar-refractivity contribution is 1.18. The van der Waals surface area contributed by atoms with Gasteiger partial charge in [-0.05, 0) is 91.5 Å². The molecule has 0 spiro atoms. The highest BCUT2D eigenvalue weighted by atomic mass is 32.1. The van der Waals surface area contributed by atoms with Crippen LogP contribution in [0.4, 0.5) is 0 Å². The monoisotopic (exact) mass is 819 g/mol. The van der Waals surface area contributed by atoms with Crippen molar-refractivity contribution in [1.82, 2.24) is 4.57 Å². The van der Waals surface area contributed by atoms with Crippen LogP contribution in [-0.2, 0) is 0 Å². The van der Waals surface area contributed by atoms with Gasteiger partial charge in [-0.1, -0.05) is 170 Å². The van der Waals surface area contributed by atoms with Crippen molar-refractivity contribution in [1.29, 1.82) is 0 Å². The van der Waals surface area contributed by atoms with Gasteiger partial charge in [0, 0.05) is 48.5 Å². The zero-order valence-corrected chi connectivity index (χ0v) is 35.0. The number of benzene rings is 10. The van der Waals surface area contributed by atoms with E-state index in [1.807, 2.05) is 11.3 Å².